The summed E-state index contributed by atoms with van der Waals surface area (Å²) in [7, 11) is 0. The van der Waals surface area contributed by atoms with E-state index in [1.807, 2.05) is 18.2 Å². The van der Waals surface area contributed by atoms with E-state index in [-0.39, 0.29) is 6.04 Å². The average molecular weight is 294 g/mol. The van der Waals surface area contributed by atoms with Gasteiger partial charge in [0.15, 0.2) is 0 Å². The molecule has 0 aliphatic heterocycles. The molecule has 0 heterocycles. The molecule has 0 saturated heterocycles. The van der Waals surface area contributed by atoms with Gasteiger partial charge in [0.05, 0.1) is 6.04 Å². The maximum Gasteiger partial charge on any atom is 0.0525 e. The Balaban J connectivity index is 2.25. The van der Waals surface area contributed by atoms with E-state index in [9.17, 15) is 0 Å². The molecule has 0 aliphatic carbocycles. The fourth-order valence-electron chi connectivity index (χ4n) is 2.12. The van der Waals surface area contributed by atoms with E-state index in [1.165, 1.54) is 5.56 Å². The highest BCUT2D eigenvalue weighted by atomic mass is 35.5. The lowest BCUT2D eigenvalue weighted by Crippen LogP contribution is -2.10. The van der Waals surface area contributed by atoms with Crippen LogP contribution in [0.4, 0.5) is 5.69 Å². The summed E-state index contributed by atoms with van der Waals surface area (Å²) < 4.78 is 0. The smallest absolute Gasteiger partial charge is 0.0525 e. The third-order valence-corrected chi connectivity index (χ3v) is 3.67. The van der Waals surface area contributed by atoms with E-state index in [4.69, 9.17) is 23.2 Å². The predicted molar refractivity (Wildman–Crippen MR) is 84.3 cm³/mol. The lowest BCUT2D eigenvalue weighted by atomic mass is 10.0. The van der Waals surface area contributed by atoms with E-state index in [0.29, 0.717) is 10.0 Å². The van der Waals surface area contributed by atoms with Crippen LogP contribution in [0.3, 0.4) is 0 Å². The number of rotatable bonds is 4. The van der Waals surface area contributed by atoms with Gasteiger partial charge in [0.2, 0.25) is 0 Å². The van der Waals surface area contributed by atoms with Crippen molar-refractivity contribution in [3.05, 3.63) is 63.6 Å². The molecule has 1 unspecified atom stereocenters. The molecule has 2 aromatic carbocycles. The van der Waals surface area contributed by atoms with Gasteiger partial charge >= 0.3 is 0 Å². The standard InChI is InChI=1S/C16H17Cl2N/c1-3-16(14-8-7-12(17)10-15(14)18)19-13-6-4-5-11(2)9-13/h4-10,16,19H,3H2,1-2H3. The van der Waals surface area contributed by atoms with Crippen LogP contribution >= 0.6 is 23.2 Å². The van der Waals surface area contributed by atoms with Gasteiger partial charge < -0.3 is 5.32 Å². The van der Waals surface area contributed by atoms with Crippen LogP contribution < -0.4 is 5.32 Å². The van der Waals surface area contributed by atoms with Crippen molar-refractivity contribution in [3.8, 4) is 0 Å². The van der Waals surface area contributed by atoms with Crippen molar-refractivity contribution in [3.63, 3.8) is 0 Å². The third-order valence-electron chi connectivity index (χ3n) is 3.11. The predicted octanol–water partition coefficient (Wildman–Crippen LogP) is 5.87. The van der Waals surface area contributed by atoms with Crippen LogP contribution in [0.2, 0.25) is 10.0 Å². The SMILES string of the molecule is CCC(Nc1cccc(C)c1)c1ccc(Cl)cc1Cl. The highest BCUT2D eigenvalue weighted by Crippen LogP contribution is 2.30. The fraction of sp³-hybridized carbons (Fsp3) is 0.250. The van der Waals surface area contributed by atoms with E-state index >= 15 is 0 Å². The van der Waals surface area contributed by atoms with Crippen LogP contribution in [-0.4, -0.2) is 0 Å². The fourth-order valence-corrected chi connectivity index (χ4v) is 2.66. The second-order valence-corrected chi connectivity index (χ2v) is 5.48. The zero-order chi connectivity index (χ0) is 13.8. The van der Waals surface area contributed by atoms with Gasteiger partial charge in [-0.1, -0.05) is 48.3 Å². The molecule has 2 rings (SSSR count). The molecule has 19 heavy (non-hydrogen) atoms. The lowest BCUT2D eigenvalue weighted by molar-refractivity contribution is 0.749. The number of nitrogens with one attached hydrogen (secondary N) is 1. The summed E-state index contributed by atoms with van der Waals surface area (Å²) in [5.41, 5.74) is 3.43. The molecule has 0 bridgehead atoms. The molecule has 1 N–H and O–H groups in total. The van der Waals surface area contributed by atoms with Gasteiger partial charge in [-0.3, -0.25) is 0 Å². The molecule has 0 fully saturated rings. The molecule has 0 radical (unpaired) electrons. The zero-order valence-corrected chi connectivity index (χ0v) is 12.6. The van der Waals surface area contributed by atoms with Gasteiger partial charge in [-0.2, -0.15) is 0 Å². The minimum Gasteiger partial charge on any atom is -0.378 e. The quantitative estimate of drug-likeness (QED) is 0.744. The topological polar surface area (TPSA) is 12.0 Å². The van der Waals surface area contributed by atoms with Crippen LogP contribution in [0, 0.1) is 6.92 Å². The van der Waals surface area contributed by atoms with Gasteiger partial charge in [-0.05, 0) is 48.7 Å². The van der Waals surface area contributed by atoms with E-state index in [0.717, 1.165) is 17.7 Å². The Morgan fingerprint density at radius 2 is 1.89 bits per heavy atom. The highest BCUT2D eigenvalue weighted by Gasteiger charge is 2.13. The first-order valence-electron chi connectivity index (χ1n) is 6.38. The molecule has 2 aromatic rings. The molecule has 1 atom stereocenters. The van der Waals surface area contributed by atoms with Crippen molar-refractivity contribution < 1.29 is 0 Å². The Kier molecular flexibility index (Phi) is 4.73. The van der Waals surface area contributed by atoms with Crippen molar-refractivity contribution in [2.75, 3.05) is 5.32 Å². The Morgan fingerprint density at radius 1 is 1.11 bits per heavy atom. The molecule has 100 valence electrons. The normalized spacial score (nSPS) is 12.2. The molecule has 0 saturated carbocycles. The molecule has 0 aliphatic rings. The Morgan fingerprint density at radius 3 is 2.53 bits per heavy atom. The Hall–Kier alpha value is -1.18. The summed E-state index contributed by atoms with van der Waals surface area (Å²) in [6.07, 6.45) is 0.954. The second kappa shape index (κ2) is 6.31. The first-order valence-corrected chi connectivity index (χ1v) is 7.14. The van der Waals surface area contributed by atoms with Crippen molar-refractivity contribution >= 4 is 28.9 Å². The minimum absolute atomic E-state index is 0.187. The lowest BCUT2D eigenvalue weighted by Gasteiger charge is -2.20. The zero-order valence-electron chi connectivity index (χ0n) is 11.1. The number of halogens is 2. The maximum absolute atomic E-state index is 6.28. The molecular formula is C16H17Cl2N. The van der Waals surface area contributed by atoms with Crippen molar-refractivity contribution in [1.29, 1.82) is 0 Å². The summed E-state index contributed by atoms with van der Waals surface area (Å²) in [5, 5.41) is 4.89. The molecule has 1 nitrogen and oxygen atoms in total. The van der Waals surface area contributed by atoms with Crippen molar-refractivity contribution in [2.24, 2.45) is 0 Å². The van der Waals surface area contributed by atoms with Crippen LogP contribution in [0.15, 0.2) is 42.5 Å². The summed E-state index contributed by atoms with van der Waals surface area (Å²) in [6.45, 7) is 4.22. The third kappa shape index (κ3) is 3.65. The van der Waals surface area contributed by atoms with Crippen molar-refractivity contribution in [1.82, 2.24) is 0 Å². The average Bonchev–Trinajstić information content (AvgIpc) is 2.37. The second-order valence-electron chi connectivity index (χ2n) is 4.64. The summed E-state index contributed by atoms with van der Waals surface area (Å²) in [5.74, 6) is 0. The summed E-state index contributed by atoms with van der Waals surface area (Å²) >= 11 is 12.2. The number of hydrogen-bond acceptors (Lipinski definition) is 1. The van der Waals surface area contributed by atoms with E-state index in [1.54, 1.807) is 6.07 Å². The van der Waals surface area contributed by atoms with Gasteiger partial charge in [0, 0.05) is 15.7 Å². The van der Waals surface area contributed by atoms with Crippen molar-refractivity contribution in [2.45, 2.75) is 26.3 Å². The van der Waals surface area contributed by atoms with E-state index in [2.05, 4.69) is 37.4 Å². The summed E-state index contributed by atoms with van der Waals surface area (Å²) in [4.78, 5) is 0. The number of anilines is 1. The Labute approximate surface area is 124 Å². The first-order chi connectivity index (χ1) is 9.10. The largest absolute Gasteiger partial charge is 0.378 e. The molecule has 0 aromatic heterocycles. The van der Waals surface area contributed by atoms with Gasteiger partial charge in [0.1, 0.15) is 0 Å². The monoisotopic (exact) mass is 293 g/mol. The van der Waals surface area contributed by atoms with Crippen LogP contribution in [-0.2, 0) is 0 Å². The van der Waals surface area contributed by atoms with Crippen LogP contribution in [0.25, 0.3) is 0 Å². The van der Waals surface area contributed by atoms with Gasteiger partial charge in [-0.25, -0.2) is 0 Å². The molecular weight excluding hydrogens is 277 g/mol. The number of benzene rings is 2. The van der Waals surface area contributed by atoms with Crippen LogP contribution in [0.5, 0.6) is 0 Å². The molecule has 3 heteroatoms. The van der Waals surface area contributed by atoms with Crippen LogP contribution in [0.1, 0.15) is 30.5 Å². The minimum atomic E-state index is 0.187. The summed E-state index contributed by atoms with van der Waals surface area (Å²) in [6, 6.07) is 14.2. The molecule has 0 amide bonds. The molecule has 0 spiro atoms. The number of hydrogen-bond donors (Lipinski definition) is 1. The number of aryl methyl sites for hydroxylation is 1. The first kappa shape index (κ1) is 14.2. The van der Waals surface area contributed by atoms with Gasteiger partial charge in [-0.15, -0.1) is 0 Å². The maximum atomic E-state index is 6.28. The Bertz CT molecular complexity index is 566. The highest BCUT2D eigenvalue weighted by molar-refractivity contribution is 6.35. The van der Waals surface area contributed by atoms with Gasteiger partial charge in [0.25, 0.3) is 0 Å². The van der Waals surface area contributed by atoms with E-state index < -0.39 is 0 Å².